The van der Waals surface area contributed by atoms with Crippen LogP contribution >= 0.6 is 0 Å². The number of hydrogen-bond donors (Lipinski definition) is 0. The van der Waals surface area contributed by atoms with Crippen LogP contribution in [0.5, 0.6) is 17.2 Å². The number of hydrogen-bond acceptors (Lipinski definition) is 7. The van der Waals surface area contributed by atoms with Crippen molar-refractivity contribution in [2.45, 2.75) is 96.2 Å². The molecule has 2 saturated heterocycles. The summed E-state index contributed by atoms with van der Waals surface area (Å²) in [5.41, 5.74) is 2.09. The third kappa shape index (κ3) is 6.15. The number of benzene rings is 2. The second-order valence-electron chi connectivity index (χ2n) is 11.8. The molecule has 2 aliphatic heterocycles. The van der Waals surface area contributed by atoms with Crippen LogP contribution in [0, 0.1) is 0 Å². The Morgan fingerprint density at radius 3 is 2.11 bits per heavy atom. The predicted molar refractivity (Wildman–Crippen MR) is 145 cm³/mol. The molecule has 37 heavy (non-hydrogen) atoms. The molecular weight excluding hydrogens is 488 g/mol. The van der Waals surface area contributed by atoms with Gasteiger partial charge < -0.3 is 32.8 Å². The zero-order valence-corrected chi connectivity index (χ0v) is 24.6. The van der Waals surface area contributed by atoms with E-state index >= 15 is 0 Å². The van der Waals surface area contributed by atoms with Gasteiger partial charge in [0.05, 0.1) is 26.9 Å². The van der Waals surface area contributed by atoms with Crippen molar-refractivity contribution in [1.82, 2.24) is 0 Å². The van der Waals surface area contributed by atoms with Gasteiger partial charge in [0.1, 0.15) is 12.2 Å². The van der Waals surface area contributed by atoms with Crippen LogP contribution in [0.4, 0.5) is 0 Å². The van der Waals surface area contributed by atoms with Crippen molar-refractivity contribution in [1.29, 1.82) is 0 Å². The summed E-state index contributed by atoms with van der Waals surface area (Å²) < 4.78 is 43.2. The number of methoxy groups -OCH3 is 2. The molecule has 7 nitrogen and oxygen atoms in total. The van der Waals surface area contributed by atoms with Crippen molar-refractivity contribution in [3.63, 3.8) is 0 Å². The number of fused-ring (bicyclic) bond motifs is 1. The summed E-state index contributed by atoms with van der Waals surface area (Å²) in [6.07, 6.45) is -0.782. The first-order valence-electron chi connectivity index (χ1n) is 12.9. The molecule has 0 spiro atoms. The van der Waals surface area contributed by atoms with Crippen LogP contribution in [0.1, 0.15) is 45.7 Å². The van der Waals surface area contributed by atoms with Gasteiger partial charge in [-0.15, -0.1) is 0 Å². The second kappa shape index (κ2) is 10.6. The van der Waals surface area contributed by atoms with E-state index in [0.29, 0.717) is 30.3 Å². The monoisotopic (exact) mass is 530 g/mol. The van der Waals surface area contributed by atoms with E-state index in [2.05, 4.69) is 46.0 Å². The predicted octanol–water partition coefficient (Wildman–Crippen LogP) is 6.09. The first-order valence-corrected chi connectivity index (χ1v) is 15.8. The highest BCUT2D eigenvalue weighted by Crippen LogP contribution is 2.46. The van der Waals surface area contributed by atoms with E-state index in [0.717, 1.165) is 11.1 Å². The SMILES string of the molecule is COc1cc(C[C@H]2O[C@@H]3OC(C)(C)O[C@@H]3[C@H]2OCc2ccccc2)cc(OC)c1O[Si](C)(C)C(C)(C)C. The van der Waals surface area contributed by atoms with E-state index in [4.69, 9.17) is 32.8 Å². The summed E-state index contributed by atoms with van der Waals surface area (Å²) in [6.45, 7) is 15.3. The lowest BCUT2D eigenvalue weighted by Gasteiger charge is -2.37. The van der Waals surface area contributed by atoms with Gasteiger partial charge in [-0.25, -0.2) is 0 Å². The van der Waals surface area contributed by atoms with E-state index in [1.165, 1.54) is 0 Å². The van der Waals surface area contributed by atoms with Crippen LogP contribution in [-0.2, 0) is 32.0 Å². The summed E-state index contributed by atoms with van der Waals surface area (Å²) in [6, 6.07) is 14.1. The van der Waals surface area contributed by atoms with E-state index < -0.39 is 20.4 Å². The summed E-state index contributed by atoms with van der Waals surface area (Å²) in [5, 5.41) is 0.0360. The third-order valence-electron chi connectivity index (χ3n) is 7.49. The van der Waals surface area contributed by atoms with Gasteiger partial charge >= 0.3 is 0 Å². The fraction of sp³-hybridized carbons (Fsp3) is 0.586. The molecular formula is C29H42O7Si. The maximum absolute atomic E-state index is 6.62. The number of rotatable bonds is 9. The normalized spacial score (nSPS) is 25.1. The highest BCUT2D eigenvalue weighted by molar-refractivity contribution is 6.74. The second-order valence-corrected chi connectivity index (χ2v) is 16.5. The topological polar surface area (TPSA) is 64.6 Å². The maximum Gasteiger partial charge on any atom is 0.250 e. The summed E-state index contributed by atoms with van der Waals surface area (Å²) >= 11 is 0. The highest BCUT2D eigenvalue weighted by Gasteiger charge is 2.55. The van der Waals surface area contributed by atoms with Crippen molar-refractivity contribution in [2.24, 2.45) is 0 Å². The van der Waals surface area contributed by atoms with Crippen LogP contribution in [0.15, 0.2) is 42.5 Å². The maximum atomic E-state index is 6.62. The van der Waals surface area contributed by atoms with Gasteiger partial charge in [0.2, 0.25) is 0 Å². The minimum absolute atomic E-state index is 0.0360. The van der Waals surface area contributed by atoms with Crippen LogP contribution in [0.25, 0.3) is 0 Å². The lowest BCUT2D eigenvalue weighted by molar-refractivity contribution is -0.218. The summed E-state index contributed by atoms with van der Waals surface area (Å²) in [7, 11) is 1.20. The Kier molecular flexibility index (Phi) is 7.98. The standard InChI is InChI=1S/C29H42O7Si/c1-28(2,3)37(8,9)36-24-21(30-6)15-20(16-22(24)31-7)17-23-25(32-18-19-13-11-10-12-14-19)26-27(33-23)35-29(4,5)34-26/h10-16,23,25-27H,17-18H2,1-9H3/t23-,25+,26-,27-/m1/s1. The molecule has 0 N–H and O–H groups in total. The van der Waals surface area contributed by atoms with Crippen LogP contribution in [-0.4, -0.2) is 52.9 Å². The van der Waals surface area contributed by atoms with E-state index in [1.54, 1.807) is 14.2 Å². The molecule has 4 atom stereocenters. The highest BCUT2D eigenvalue weighted by atomic mass is 28.4. The third-order valence-corrected chi connectivity index (χ3v) is 11.8. The largest absolute Gasteiger partial charge is 0.539 e. The van der Waals surface area contributed by atoms with Gasteiger partial charge in [0, 0.05) is 6.42 Å². The molecule has 0 radical (unpaired) electrons. The molecule has 0 bridgehead atoms. The lowest BCUT2D eigenvalue weighted by atomic mass is 10.0. The molecule has 2 heterocycles. The molecule has 0 unspecified atom stereocenters. The quantitative estimate of drug-likeness (QED) is 0.363. The van der Waals surface area contributed by atoms with Crippen LogP contribution in [0.3, 0.4) is 0 Å². The molecule has 2 fully saturated rings. The molecule has 0 aliphatic carbocycles. The van der Waals surface area contributed by atoms with Gasteiger partial charge in [-0.2, -0.15) is 0 Å². The van der Waals surface area contributed by atoms with Gasteiger partial charge in [0.25, 0.3) is 8.32 Å². The molecule has 0 aromatic heterocycles. The first-order chi connectivity index (χ1) is 17.3. The fourth-order valence-corrected chi connectivity index (χ4v) is 5.49. The Balaban J connectivity index is 1.58. The van der Waals surface area contributed by atoms with E-state index in [-0.39, 0.29) is 23.4 Å². The first kappa shape index (κ1) is 27.9. The van der Waals surface area contributed by atoms with E-state index in [9.17, 15) is 0 Å². The Morgan fingerprint density at radius 1 is 0.919 bits per heavy atom. The summed E-state index contributed by atoms with van der Waals surface area (Å²) in [5.74, 6) is 1.22. The molecule has 4 rings (SSSR count). The zero-order chi connectivity index (χ0) is 27.0. The average molecular weight is 531 g/mol. The fourth-order valence-electron chi connectivity index (χ4n) is 4.47. The molecule has 204 valence electrons. The molecule has 0 saturated carbocycles. The van der Waals surface area contributed by atoms with Crippen molar-refractivity contribution in [2.75, 3.05) is 14.2 Å². The van der Waals surface area contributed by atoms with Gasteiger partial charge in [-0.05, 0) is 55.2 Å². The minimum atomic E-state index is -2.12. The van der Waals surface area contributed by atoms with Gasteiger partial charge in [-0.1, -0.05) is 51.1 Å². The molecule has 8 heteroatoms. The molecule has 2 aromatic rings. The summed E-state index contributed by atoms with van der Waals surface area (Å²) in [4.78, 5) is 0. The van der Waals surface area contributed by atoms with Gasteiger partial charge in [-0.3, -0.25) is 0 Å². The minimum Gasteiger partial charge on any atom is -0.539 e. The van der Waals surface area contributed by atoms with E-state index in [1.807, 2.05) is 44.2 Å². The van der Waals surface area contributed by atoms with Crippen molar-refractivity contribution < 1.29 is 32.8 Å². The Morgan fingerprint density at radius 2 is 1.54 bits per heavy atom. The number of ether oxygens (including phenoxy) is 6. The Hall–Kier alpha value is -2.10. The molecule has 2 aromatic carbocycles. The molecule has 0 amide bonds. The Bertz CT molecular complexity index is 1040. The van der Waals surface area contributed by atoms with Crippen LogP contribution < -0.4 is 13.9 Å². The van der Waals surface area contributed by atoms with Crippen molar-refractivity contribution >= 4 is 8.32 Å². The average Bonchev–Trinajstić information content (AvgIpc) is 3.28. The van der Waals surface area contributed by atoms with Crippen molar-refractivity contribution in [3.8, 4) is 17.2 Å². The van der Waals surface area contributed by atoms with Crippen molar-refractivity contribution in [3.05, 3.63) is 53.6 Å². The smallest absolute Gasteiger partial charge is 0.250 e. The Labute approximate surface area is 222 Å². The van der Waals surface area contributed by atoms with Crippen LogP contribution in [0.2, 0.25) is 18.1 Å². The lowest BCUT2D eigenvalue weighted by Crippen LogP contribution is -2.44. The molecule has 2 aliphatic rings. The van der Waals surface area contributed by atoms with Gasteiger partial charge in [0.15, 0.2) is 29.3 Å². The zero-order valence-electron chi connectivity index (χ0n) is 23.6.